The molecule has 17 heavy (non-hydrogen) atoms. The van der Waals surface area contributed by atoms with Crippen LogP contribution in [0, 0.1) is 6.92 Å². The zero-order valence-electron chi connectivity index (χ0n) is 9.56. The van der Waals surface area contributed by atoms with Gasteiger partial charge in [0.1, 0.15) is 0 Å². The number of carbonyl (C=O) groups is 3. The van der Waals surface area contributed by atoms with Gasteiger partial charge in [0.05, 0.1) is 18.4 Å². The third-order valence-corrected chi connectivity index (χ3v) is 1.41. The van der Waals surface area contributed by atoms with Crippen LogP contribution >= 0.6 is 0 Å². The number of ketones is 1. The first-order chi connectivity index (χ1) is 8.06. The minimum absolute atomic E-state index is 0.154. The standard InChI is InChI=1S/C6H11O2.C4H5NO2.Co.O/c1-3-4-8-5-6(2)7;6-3-1-2-4(7)5-3;;/h2-5H2,1H3;1-2H2,(H,5,6,7);;/q-1;;;/p-1. The molecule has 0 spiro atoms. The average molecular weight is 288 g/mol. The Morgan fingerprint density at radius 1 is 1.35 bits per heavy atom. The Morgan fingerprint density at radius 3 is 2.06 bits per heavy atom. The fourth-order valence-electron chi connectivity index (χ4n) is 0.795. The molecular weight excluding hydrogens is 273 g/mol. The molecule has 0 N–H and O–H groups in total. The molecule has 6 nitrogen and oxygen atoms in total. The van der Waals surface area contributed by atoms with Crippen LogP contribution in [0.15, 0.2) is 0 Å². The molecule has 7 heteroatoms. The second kappa shape index (κ2) is 13.0. The minimum atomic E-state index is -0.273. The van der Waals surface area contributed by atoms with Gasteiger partial charge in [-0.2, -0.15) is 0 Å². The maximum absolute atomic E-state index is 10.1. The first-order valence-corrected chi connectivity index (χ1v) is 5.32. The Bertz CT molecular complexity index is 243. The number of ether oxygens (including phenoxy) is 1. The van der Waals surface area contributed by atoms with Gasteiger partial charge in [0.2, 0.25) is 0 Å². The summed E-state index contributed by atoms with van der Waals surface area (Å²) in [6, 6.07) is 0. The molecule has 1 aliphatic rings. The normalized spacial score (nSPS) is 12.8. The number of carbonyl (C=O) groups excluding carboxylic acids is 3. The van der Waals surface area contributed by atoms with Gasteiger partial charge in [0.25, 0.3) is 0 Å². The van der Waals surface area contributed by atoms with Crippen LogP contribution in [0.3, 0.4) is 0 Å². The number of nitrogens with zero attached hydrogens (tertiary/aromatic N) is 1. The Hall–Kier alpha value is -1.05. The zero-order chi connectivity index (χ0) is 13.7. The molecule has 101 valence electrons. The summed E-state index contributed by atoms with van der Waals surface area (Å²) < 4.78 is 12.8. The molecule has 1 fully saturated rings. The van der Waals surface area contributed by atoms with Crippen molar-refractivity contribution in [2.75, 3.05) is 13.2 Å². The summed E-state index contributed by atoms with van der Waals surface area (Å²) in [5, 5.41) is 3.11. The zero-order valence-corrected chi connectivity index (χ0v) is 10.6. The SMILES string of the molecule is O=C1CCC(=O)[N-]1.[CH2-]C(=O)COCCC.[O]=[Co]. The Balaban J connectivity index is 0. The van der Waals surface area contributed by atoms with E-state index in [1.54, 1.807) is 0 Å². The Kier molecular flexibility index (Phi) is 14.0. The van der Waals surface area contributed by atoms with Crippen molar-refractivity contribution in [2.24, 2.45) is 0 Å². The second-order valence-electron chi connectivity index (χ2n) is 2.99. The van der Waals surface area contributed by atoms with Gasteiger partial charge in [-0.15, -0.1) is 0 Å². The van der Waals surface area contributed by atoms with Crippen LogP contribution in [-0.2, 0) is 38.7 Å². The summed E-state index contributed by atoms with van der Waals surface area (Å²) in [6.45, 7) is 5.95. The second-order valence-corrected chi connectivity index (χ2v) is 2.99. The van der Waals surface area contributed by atoms with Crippen molar-refractivity contribution in [1.82, 2.24) is 0 Å². The van der Waals surface area contributed by atoms with Crippen LogP contribution < -0.4 is 0 Å². The van der Waals surface area contributed by atoms with Gasteiger partial charge in [-0.3, -0.25) is 0 Å². The molecule has 1 aliphatic heterocycles. The molecule has 0 radical (unpaired) electrons. The van der Waals surface area contributed by atoms with E-state index in [1.165, 1.54) is 0 Å². The molecule has 2 amide bonds. The molecule has 0 aliphatic carbocycles. The van der Waals surface area contributed by atoms with Crippen molar-refractivity contribution in [3.63, 3.8) is 0 Å². The number of rotatable bonds is 4. The van der Waals surface area contributed by atoms with Crippen molar-refractivity contribution < 1.29 is 38.7 Å². The van der Waals surface area contributed by atoms with E-state index >= 15 is 0 Å². The van der Waals surface area contributed by atoms with Crippen LogP contribution in [0.2, 0.25) is 0 Å². The van der Waals surface area contributed by atoms with E-state index in [2.05, 4.69) is 27.9 Å². The van der Waals surface area contributed by atoms with Crippen molar-refractivity contribution in [3.05, 3.63) is 12.2 Å². The third kappa shape index (κ3) is 14.9. The summed E-state index contributed by atoms with van der Waals surface area (Å²) in [5.74, 6) is -0.701. The monoisotopic (exact) mass is 288 g/mol. The third-order valence-electron chi connectivity index (χ3n) is 1.41. The van der Waals surface area contributed by atoms with Crippen molar-refractivity contribution in [3.8, 4) is 0 Å². The van der Waals surface area contributed by atoms with Crippen molar-refractivity contribution >= 4 is 17.6 Å². The Labute approximate surface area is 108 Å². The van der Waals surface area contributed by atoms with Gasteiger partial charge in [-0.05, 0) is 19.3 Å². The molecule has 1 saturated heterocycles. The fourth-order valence-corrected chi connectivity index (χ4v) is 0.795. The van der Waals surface area contributed by atoms with Crippen LogP contribution in [-0.4, -0.2) is 30.8 Å². The molecule has 0 aromatic heterocycles. The van der Waals surface area contributed by atoms with Gasteiger partial charge in [0, 0.05) is 12.4 Å². The van der Waals surface area contributed by atoms with Gasteiger partial charge < -0.3 is 31.4 Å². The van der Waals surface area contributed by atoms with Crippen LogP contribution in [0.5, 0.6) is 0 Å². The number of hydrogen-bond donors (Lipinski definition) is 0. The van der Waals surface area contributed by atoms with Gasteiger partial charge in [-0.1, -0.05) is 6.92 Å². The molecule has 0 saturated carbocycles. The predicted octanol–water partition coefficient (Wildman–Crippen LogP) is 0.902. The molecule has 0 unspecified atom stereocenters. The molecule has 0 aromatic carbocycles. The van der Waals surface area contributed by atoms with Crippen LogP contribution in [0.1, 0.15) is 26.2 Å². The Morgan fingerprint density at radius 2 is 1.82 bits per heavy atom. The van der Waals surface area contributed by atoms with Crippen molar-refractivity contribution in [1.29, 1.82) is 0 Å². The summed E-state index contributed by atoms with van der Waals surface area (Å²) in [5.41, 5.74) is 0. The topological polar surface area (TPSA) is 91.6 Å². The first-order valence-electron chi connectivity index (χ1n) is 4.89. The van der Waals surface area contributed by atoms with E-state index in [9.17, 15) is 14.4 Å². The molecule has 0 aromatic rings. The molecule has 0 atom stereocenters. The predicted molar refractivity (Wildman–Crippen MR) is 54.8 cm³/mol. The number of amides is 2. The van der Waals surface area contributed by atoms with Crippen LogP contribution in [0.4, 0.5) is 0 Å². The fraction of sp³-hybridized carbons (Fsp3) is 0.600. The number of Topliss-reactive ketones (excluding diaryl/α,β-unsaturated/α-hetero) is 1. The van der Waals surface area contributed by atoms with E-state index in [1.807, 2.05) is 6.92 Å². The molecule has 1 heterocycles. The molecular formula is C10H15CoNO5-2. The first kappa shape index (κ1) is 18.3. The maximum atomic E-state index is 10.1. The van der Waals surface area contributed by atoms with E-state index in [4.69, 9.17) is 8.60 Å². The van der Waals surface area contributed by atoms with E-state index in [0.717, 1.165) is 6.42 Å². The van der Waals surface area contributed by atoms with E-state index in [-0.39, 0.29) is 24.2 Å². The summed E-state index contributed by atoms with van der Waals surface area (Å²) in [4.78, 5) is 30.2. The van der Waals surface area contributed by atoms with E-state index in [0.29, 0.717) is 19.4 Å². The summed E-state index contributed by atoms with van der Waals surface area (Å²) in [7, 11) is 0. The molecule has 0 bridgehead atoms. The number of hydrogen-bond acceptors (Lipinski definition) is 5. The molecule has 1 rings (SSSR count). The van der Waals surface area contributed by atoms with Gasteiger partial charge >= 0.3 is 19.5 Å². The van der Waals surface area contributed by atoms with Gasteiger partial charge in [-0.25, -0.2) is 0 Å². The number of imide groups is 1. The van der Waals surface area contributed by atoms with E-state index < -0.39 is 0 Å². The van der Waals surface area contributed by atoms with Crippen molar-refractivity contribution in [2.45, 2.75) is 26.2 Å². The average Bonchev–Trinajstić information content (AvgIpc) is 2.66. The quantitative estimate of drug-likeness (QED) is 0.435. The summed E-state index contributed by atoms with van der Waals surface area (Å²) >= 11 is 2.31. The summed E-state index contributed by atoms with van der Waals surface area (Å²) in [6.07, 6.45) is 1.59. The van der Waals surface area contributed by atoms with Crippen LogP contribution in [0.25, 0.3) is 5.32 Å². The van der Waals surface area contributed by atoms with Gasteiger partial charge in [0.15, 0.2) is 0 Å².